The molecule has 1 aliphatic rings. The van der Waals surface area contributed by atoms with Crippen LogP contribution >= 0.6 is 22.9 Å². The molecule has 6 heteroatoms. The molecule has 3 nitrogen and oxygen atoms in total. The van der Waals surface area contributed by atoms with E-state index in [9.17, 15) is 8.42 Å². The van der Waals surface area contributed by atoms with Crippen LogP contribution in [0.5, 0.6) is 0 Å². The summed E-state index contributed by atoms with van der Waals surface area (Å²) in [6, 6.07) is 3.47. The van der Waals surface area contributed by atoms with Crippen LogP contribution < -0.4 is 0 Å². The van der Waals surface area contributed by atoms with Gasteiger partial charge in [-0.3, -0.25) is 0 Å². The minimum atomic E-state index is -3.30. The van der Waals surface area contributed by atoms with E-state index in [1.165, 1.54) is 11.3 Å². The lowest BCUT2D eigenvalue weighted by Crippen LogP contribution is -2.31. The smallest absolute Gasteiger partial charge is 0.206 e. The number of rotatable bonds is 3. The van der Waals surface area contributed by atoms with E-state index in [2.05, 4.69) is 6.92 Å². The van der Waals surface area contributed by atoms with Gasteiger partial charge in [0.15, 0.2) is 0 Å². The lowest BCUT2D eigenvalue weighted by molar-refractivity contribution is 0.418. The molecule has 1 fully saturated rings. The van der Waals surface area contributed by atoms with Gasteiger partial charge in [0, 0.05) is 18.0 Å². The average molecular weight is 308 g/mol. The molecule has 1 aromatic heterocycles. The number of hydrogen-bond donors (Lipinski definition) is 0. The van der Waals surface area contributed by atoms with Crippen molar-refractivity contribution in [3.8, 4) is 0 Å². The van der Waals surface area contributed by atoms with Crippen molar-refractivity contribution in [3.63, 3.8) is 0 Å². The van der Waals surface area contributed by atoms with Gasteiger partial charge in [-0.05, 0) is 37.3 Å². The van der Waals surface area contributed by atoms with Gasteiger partial charge in [-0.25, -0.2) is 8.42 Å². The van der Waals surface area contributed by atoms with Gasteiger partial charge in [0.25, 0.3) is 10.0 Å². The van der Waals surface area contributed by atoms with Crippen LogP contribution in [-0.4, -0.2) is 25.8 Å². The molecule has 0 aliphatic carbocycles. The fraction of sp³-hybridized carbons (Fsp3) is 0.667. The van der Waals surface area contributed by atoms with Crippen LogP contribution in [0.1, 0.15) is 31.1 Å². The van der Waals surface area contributed by atoms with E-state index in [-0.39, 0.29) is 0 Å². The molecule has 0 N–H and O–H groups in total. The minimum absolute atomic E-state index is 0.372. The highest BCUT2D eigenvalue weighted by Gasteiger charge is 2.27. The molecule has 1 aliphatic heterocycles. The van der Waals surface area contributed by atoms with Crippen molar-refractivity contribution in [2.45, 2.75) is 36.3 Å². The van der Waals surface area contributed by atoms with Crippen molar-refractivity contribution in [1.82, 2.24) is 4.31 Å². The quantitative estimate of drug-likeness (QED) is 0.804. The SMILES string of the molecule is CC1CCCN(S(=O)(=O)c2ccc(CCl)s2)CC1. The van der Waals surface area contributed by atoms with Crippen molar-refractivity contribution < 1.29 is 8.42 Å². The molecule has 0 radical (unpaired) electrons. The van der Waals surface area contributed by atoms with Gasteiger partial charge in [-0.15, -0.1) is 22.9 Å². The van der Waals surface area contributed by atoms with E-state index >= 15 is 0 Å². The Bertz CT molecular complexity index is 498. The molecule has 0 spiro atoms. The van der Waals surface area contributed by atoms with Gasteiger partial charge < -0.3 is 0 Å². The van der Waals surface area contributed by atoms with Crippen LogP contribution in [0.15, 0.2) is 16.3 Å². The molecule has 0 bridgehead atoms. The number of sulfonamides is 1. The van der Waals surface area contributed by atoms with Crippen molar-refractivity contribution in [2.75, 3.05) is 13.1 Å². The molecule has 1 saturated heterocycles. The van der Waals surface area contributed by atoms with Gasteiger partial charge in [-0.1, -0.05) is 6.92 Å². The summed E-state index contributed by atoms with van der Waals surface area (Å²) in [5.41, 5.74) is 0. The van der Waals surface area contributed by atoms with Crippen molar-refractivity contribution >= 4 is 33.0 Å². The summed E-state index contributed by atoms with van der Waals surface area (Å²) in [5.74, 6) is 0.990. The summed E-state index contributed by atoms with van der Waals surface area (Å²) >= 11 is 7.00. The van der Waals surface area contributed by atoms with E-state index in [4.69, 9.17) is 11.6 Å². The molecule has 0 amide bonds. The topological polar surface area (TPSA) is 37.4 Å². The monoisotopic (exact) mass is 307 g/mol. The summed E-state index contributed by atoms with van der Waals surface area (Å²) < 4.78 is 27.0. The van der Waals surface area contributed by atoms with Crippen LogP contribution in [0, 0.1) is 5.92 Å². The third-order valence-electron chi connectivity index (χ3n) is 3.34. The lowest BCUT2D eigenvalue weighted by atomic mass is 10.0. The largest absolute Gasteiger partial charge is 0.252 e. The Morgan fingerprint density at radius 2 is 2.17 bits per heavy atom. The molecule has 2 heterocycles. The molecular weight excluding hydrogens is 290 g/mol. The first-order valence-corrected chi connectivity index (χ1v) is 8.98. The maximum atomic E-state index is 12.5. The Labute approximate surface area is 118 Å². The Morgan fingerprint density at radius 3 is 2.83 bits per heavy atom. The first kappa shape index (κ1) is 14.3. The van der Waals surface area contributed by atoms with E-state index in [0.29, 0.717) is 29.1 Å². The Morgan fingerprint density at radius 1 is 1.39 bits per heavy atom. The molecule has 0 aromatic carbocycles. The molecular formula is C12H18ClNO2S2. The van der Waals surface area contributed by atoms with Crippen LogP contribution in [0.4, 0.5) is 0 Å². The Balaban J connectivity index is 2.19. The first-order valence-electron chi connectivity index (χ1n) is 6.19. The summed E-state index contributed by atoms with van der Waals surface area (Å²) in [5, 5.41) is 0. The molecule has 0 saturated carbocycles. The van der Waals surface area contributed by atoms with Gasteiger partial charge in [0.05, 0.1) is 5.88 Å². The second kappa shape index (κ2) is 5.90. The predicted octanol–water partition coefficient (Wildman–Crippen LogP) is 3.30. The van der Waals surface area contributed by atoms with Gasteiger partial charge >= 0.3 is 0 Å². The van der Waals surface area contributed by atoms with E-state index in [1.54, 1.807) is 16.4 Å². The summed E-state index contributed by atoms with van der Waals surface area (Å²) in [4.78, 5) is 0.901. The standard InChI is InChI=1S/C12H18ClNO2S2/c1-10-3-2-7-14(8-6-10)18(15,16)12-5-4-11(9-13)17-12/h4-5,10H,2-3,6-9H2,1H3. The zero-order valence-corrected chi connectivity index (χ0v) is 12.8. The zero-order valence-electron chi connectivity index (χ0n) is 10.4. The second-order valence-electron chi connectivity index (χ2n) is 4.79. The molecule has 18 heavy (non-hydrogen) atoms. The highest BCUT2D eigenvalue weighted by molar-refractivity contribution is 7.91. The number of thiophene rings is 1. The molecule has 102 valence electrons. The van der Waals surface area contributed by atoms with Crippen LogP contribution in [0.3, 0.4) is 0 Å². The zero-order chi connectivity index (χ0) is 13.2. The van der Waals surface area contributed by atoms with E-state index in [1.807, 2.05) is 0 Å². The number of alkyl halides is 1. The molecule has 1 aromatic rings. The number of nitrogens with zero attached hydrogens (tertiary/aromatic N) is 1. The fourth-order valence-corrected chi connectivity index (χ4v) is 5.28. The van der Waals surface area contributed by atoms with Crippen LogP contribution in [0.2, 0.25) is 0 Å². The summed E-state index contributed by atoms with van der Waals surface area (Å²) in [6.07, 6.45) is 3.02. The average Bonchev–Trinajstić information content (AvgIpc) is 2.72. The van der Waals surface area contributed by atoms with E-state index < -0.39 is 10.0 Å². The molecule has 1 unspecified atom stereocenters. The fourth-order valence-electron chi connectivity index (χ4n) is 2.17. The molecule has 1 atom stereocenters. The molecule has 2 rings (SSSR count). The normalized spacial score (nSPS) is 22.9. The third-order valence-corrected chi connectivity index (χ3v) is 7.24. The van der Waals surface area contributed by atoms with Gasteiger partial charge in [0.1, 0.15) is 4.21 Å². The van der Waals surface area contributed by atoms with Gasteiger partial charge in [-0.2, -0.15) is 4.31 Å². The highest BCUT2D eigenvalue weighted by atomic mass is 35.5. The summed E-state index contributed by atoms with van der Waals surface area (Å²) in [6.45, 7) is 3.46. The highest BCUT2D eigenvalue weighted by Crippen LogP contribution is 2.28. The third kappa shape index (κ3) is 3.07. The number of halogens is 1. The van der Waals surface area contributed by atoms with E-state index in [0.717, 1.165) is 24.1 Å². The van der Waals surface area contributed by atoms with Crippen LogP contribution in [0.25, 0.3) is 0 Å². The second-order valence-corrected chi connectivity index (χ2v) is 8.39. The Hall–Kier alpha value is -0.100. The predicted molar refractivity (Wildman–Crippen MR) is 75.6 cm³/mol. The minimum Gasteiger partial charge on any atom is -0.206 e. The van der Waals surface area contributed by atoms with Crippen molar-refractivity contribution in [2.24, 2.45) is 5.92 Å². The van der Waals surface area contributed by atoms with Gasteiger partial charge in [0.2, 0.25) is 0 Å². The van der Waals surface area contributed by atoms with Crippen molar-refractivity contribution in [3.05, 3.63) is 17.0 Å². The lowest BCUT2D eigenvalue weighted by Gasteiger charge is -2.18. The first-order chi connectivity index (χ1) is 8.54. The Kier molecular flexibility index (Phi) is 4.69. The summed E-state index contributed by atoms with van der Waals surface area (Å²) in [7, 11) is -3.30. The van der Waals surface area contributed by atoms with Crippen LogP contribution in [-0.2, 0) is 15.9 Å². The van der Waals surface area contributed by atoms with Crippen molar-refractivity contribution in [1.29, 1.82) is 0 Å². The number of hydrogen-bond acceptors (Lipinski definition) is 3. The maximum absolute atomic E-state index is 12.5. The maximum Gasteiger partial charge on any atom is 0.252 e.